The molecule has 0 atom stereocenters. The summed E-state index contributed by atoms with van der Waals surface area (Å²) in [6, 6.07) is 74.3. The van der Waals surface area contributed by atoms with Crippen LogP contribution in [0.25, 0.3) is 114 Å². The van der Waals surface area contributed by atoms with Gasteiger partial charge in [-0.3, -0.25) is 0 Å². The highest BCUT2D eigenvalue weighted by molar-refractivity contribution is 6.27. The fourth-order valence-corrected chi connectivity index (χ4v) is 9.59. The van der Waals surface area contributed by atoms with Crippen molar-refractivity contribution in [3.63, 3.8) is 0 Å². The largest absolute Gasteiger partial charge is 0.308 e. The molecule has 0 bridgehead atoms. The smallest absolute Gasteiger partial charge is 0.0619 e. The van der Waals surface area contributed by atoms with Crippen molar-refractivity contribution in [2.75, 3.05) is 0 Å². The Bertz CT molecular complexity index is 3550. The van der Waals surface area contributed by atoms with E-state index < -0.39 is 0 Å². The van der Waals surface area contributed by atoms with Crippen molar-refractivity contribution < 1.29 is 0 Å². The van der Waals surface area contributed by atoms with Crippen LogP contribution >= 0.6 is 0 Å². The van der Waals surface area contributed by atoms with E-state index in [0.29, 0.717) is 0 Å². The fourth-order valence-electron chi connectivity index (χ4n) is 9.59. The first-order valence-electron chi connectivity index (χ1n) is 19.1. The summed E-state index contributed by atoms with van der Waals surface area (Å²) >= 11 is 0. The average molecular weight is 696 g/mol. The van der Waals surface area contributed by atoms with E-state index >= 15 is 0 Å². The van der Waals surface area contributed by atoms with E-state index in [4.69, 9.17) is 0 Å². The molecular formula is C54H33N. The van der Waals surface area contributed by atoms with Gasteiger partial charge in [-0.15, -0.1) is 0 Å². The molecule has 10 aromatic carbocycles. The number of para-hydroxylation sites is 2. The molecule has 0 aliphatic heterocycles. The summed E-state index contributed by atoms with van der Waals surface area (Å²) < 4.78 is 2.52. The van der Waals surface area contributed by atoms with Gasteiger partial charge in [-0.1, -0.05) is 176 Å². The zero-order chi connectivity index (χ0) is 36.0. The number of benzene rings is 10. The molecule has 0 radical (unpaired) electrons. The number of hydrogen-bond donors (Lipinski definition) is 0. The lowest BCUT2D eigenvalue weighted by Crippen LogP contribution is -1.91. The van der Waals surface area contributed by atoms with Gasteiger partial charge < -0.3 is 4.40 Å². The van der Waals surface area contributed by atoms with E-state index in [1.54, 1.807) is 0 Å². The van der Waals surface area contributed by atoms with Gasteiger partial charge in [0.15, 0.2) is 0 Å². The highest BCUT2D eigenvalue weighted by atomic mass is 14.9. The first kappa shape index (κ1) is 30.3. The molecule has 0 amide bonds. The van der Waals surface area contributed by atoms with Crippen LogP contribution in [0, 0.1) is 0 Å². The Morgan fingerprint density at radius 1 is 0.236 bits per heavy atom. The maximum Gasteiger partial charge on any atom is 0.0619 e. The van der Waals surface area contributed by atoms with E-state index in [1.165, 1.54) is 114 Å². The predicted molar refractivity (Wildman–Crippen MR) is 237 cm³/mol. The molecule has 0 fully saturated rings. The average Bonchev–Trinajstić information content (AvgIpc) is 3.60. The zero-order valence-corrected chi connectivity index (χ0v) is 30.0. The lowest BCUT2D eigenvalue weighted by atomic mass is 9.85. The van der Waals surface area contributed by atoms with Gasteiger partial charge in [0.25, 0.3) is 0 Å². The monoisotopic (exact) mass is 695 g/mol. The SMILES string of the molecule is c1ccc2cc(-c3c4ccccc4c(-c4ccc5c(c4)c4cccc6c7ccccc7c7ccccc7c7ccccc7n5c64)c4ccccc34)ccc2c1. The van der Waals surface area contributed by atoms with Crippen molar-refractivity contribution in [2.45, 2.75) is 0 Å². The van der Waals surface area contributed by atoms with Crippen molar-refractivity contribution in [2.24, 2.45) is 0 Å². The molecule has 1 heteroatoms. The Balaban J connectivity index is 1.23. The van der Waals surface area contributed by atoms with Gasteiger partial charge in [0.05, 0.1) is 16.6 Å². The summed E-state index contributed by atoms with van der Waals surface area (Å²) in [5, 5.41) is 17.6. The Labute approximate surface area is 317 Å². The lowest BCUT2D eigenvalue weighted by molar-refractivity contribution is 1.35. The normalized spacial score (nSPS) is 12.0. The van der Waals surface area contributed by atoms with Crippen molar-refractivity contribution in [1.82, 2.24) is 4.40 Å². The number of nitrogens with zero attached hydrogens (tertiary/aromatic N) is 1. The van der Waals surface area contributed by atoms with E-state index in [-0.39, 0.29) is 0 Å². The van der Waals surface area contributed by atoms with Crippen LogP contribution in [-0.2, 0) is 0 Å². The van der Waals surface area contributed by atoms with E-state index in [2.05, 4.69) is 205 Å². The molecule has 2 heterocycles. The third kappa shape index (κ3) is 4.35. The summed E-state index contributed by atoms with van der Waals surface area (Å²) in [5.74, 6) is 0. The van der Waals surface area contributed by atoms with E-state index in [0.717, 1.165) is 0 Å². The molecule has 12 aromatic rings. The topological polar surface area (TPSA) is 4.41 Å². The summed E-state index contributed by atoms with van der Waals surface area (Å²) in [5.41, 5.74) is 8.66. The molecule has 0 spiro atoms. The van der Waals surface area contributed by atoms with Crippen molar-refractivity contribution in [3.05, 3.63) is 200 Å². The quantitative estimate of drug-likeness (QED) is 0.159. The van der Waals surface area contributed by atoms with Crippen molar-refractivity contribution in [3.8, 4) is 22.3 Å². The molecule has 0 saturated heterocycles. The standard InChI is InChI=1S/C54H33N/c1-2-15-35-32-36(29-28-34(35)14-1)52-43-21-7-9-23-45(43)53(46-24-10-8-22-44(46)52)37-30-31-51-49(33-37)48-26-13-25-47-41-19-6-4-17-39(41)38-16-3-5-18-40(38)42-20-11-12-27-50(42)55(51)54(47)48/h1-33H. The van der Waals surface area contributed by atoms with Gasteiger partial charge in [-0.25, -0.2) is 0 Å². The lowest BCUT2D eigenvalue weighted by Gasteiger charge is -2.18. The molecular weight excluding hydrogens is 663 g/mol. The minimum atomic E-state index is 1.19. The molecule has 0 aliphatic rings. The van der Waals surface area contributed by atoms with Crippen LogP contribution in [0.15, 0.2) is 200 Å². The van der Waals surface area contributed by atoms with Crippen LogP contribution in [-0.4, -0.2) is 4.40 Å². The summed E-state index contributed by atoms with van der Waals surface area (Å²) in [4.78, 5) is 0. The van der Waals surface area contributed by atoms with Gasteiger partial charge in [0.1, 0.15) is 0 Å². The second kappa shape index (κ2) is 11.6. The first-order chi connectivity index (χ1) is 27.3. The summed E-state index contributed by atoms with van der Waals surface area (Å²) in [6.45, 7) is 0. The second-order valence-corrected chi connectivity index (χ2v) is 14.8. The molecule has 0 aliphatic carbocycles. The maximum absolute atomic E-state index is 2.52. The molecule has 12 rings (SSSR count). The molecule has 254 valence electrons. The van der Waals surface area contributed by atoms with Crippen molar-refractivity contribution in [1.29, 1.82) is 0 Å². The first-order valence-corrected chi connectivity index (χ1v) is 19.1. The van der Waals surface area contributed by atoms with E-state index in [9.17, 15) is 0 Å². The molecule has 1 nitrogen and oxygen atoms in total. The Kier molecular flexibility index (Phi) is 6.40. The van der Waals surface area contributed by atoms with Gasteiger partial charge in [-0.2, -0.15) is 0 Å². The van der Waals surface area contributed by atoms with Crippen LogP contribution < -0.4 is 0 Å². The van der Waals surface area contributed by atoms with Crippen LogP contribution in [0.3, 0.4) is 0 Å². The third-order valence-corrected chi connectivity index (χ3v) is 11.9. The van der Waals surface area contributed by atoms with Crippen molar-refractivity contribution >= 4 is 92.0 Å². The summed E-state index contributed by atoms with van der Waals surface area (Å²) in [6.07, 6.45) is 0. The molecule has 0 saturated carbocycles. The highest BCUT2D eigenvalue weighted by Crippen LogP contribution is 2.46. The maximum atomic E-state index is 2.52. The molecule has 55 heavy (non-hydrogen) atoms. The van der Waals surface area contributed by atoms with Gasteiger partial charge in [0, 0.05) is 21.5 Å². The molecule has 0 N–H and O–H groups in total. The number of aromatic nitrogens is 1. The zero-order valence-electron chi connectivity index (χ0n) is 30.0. The number of rotatable bonds is 2. The molecule has 2 aromatic heterocycles. The Hall–Kier alpha value is -7.22. The highest BCUT2D eigenvalue weighted by Gasteiger charge is 2.20. The predicted octanol–water partition coefficient (Wildman–Crippen LogP) is 15.1. The third-order valence-electron chi connectivity index (χ3n) is 11.9. The molecule has 0 unspecified atom stereocenters. The minimum Gasteiger partial charge on any atom is -0.308 e. The summed E-state index contributed by atoms with van der Waals surface area (Å²) in [7, 11) is 0. The minimum absolute atomic E-state index is 1.19. The van der Waals surface area contributed by atoms with E-state index in [1.807, 2.05) is 0 Å². The number of fused-ring (bicyclic) bond motifs is 13. The van der Waals surface area contributed by atoms with Crippen LogP contribution in [0.4, 0.5) is 0 Å². The number of hydrogen-bond acceptors (Lipinski definition) is 0. The second-order valence-electron chi connectivity index (χ2n) is 14.8. The van der Waals surface area contributed by atoms with Crippen LogP contribution in [0.1, 0.15) is 0 Å². The Morgan fingerprint density at radius 3 is 1.25 bits per heavy atom. The van der Waals surface area contributed by atoms with Gasteiger partial charge in [0.2, 0.25) is 0 Å². The van der Waals surface area contributed by atoms with Crippen LogP contribution in [0.5, 0.6) is 0 Å². The van der Waals surface area contributed by atoms with Crippen LogP contribution in [0.2, 0.25) is 0 Å². The fraction of sp³-hybridized carbons (Fsp3) is 0. The van der Waals surface area contributed by atoms with Gasteiger partial charge in [-0.05, 0) is 100 Å². The van der Waals surface area contributed by atoms with Gasteiger partial charge >= 0.3 is 0 Å². The Morgan fingerprint density at radius 2 is 0.636 bits per heavy atom.